The Bertz CT molecular complexity index is 1430. The number of fused-ring (bicyclic) bond motifs is 1. The van der Waals surface area contributed by atoms with E-state index < -0.39 is 0 Å². The molecule has 0 saturated carbocycles. The van der Waals surface area contributed by atoms with E-state index >= 15 is 0 Å². The van der Waals surface area contributed by atoms with Crippen LogP contribution in [0.1, 0.15) is 41.7 Å². The molecule has 0 saturated heterocycles. The lowest BCUT2D eigenvalue weighted by Crippen LogP contribution is -2.24. The second-order valence-corrected chi connectivity index (χ2v) is 8.91. The van der Waals surface area contributed by atoms with Crippen LogP contribution in [0.15, 0.2) is 63.8 Å². The number of ether oxygens (including phenoxy) is 1. The van der Waals surface area contributed by atoms with Crippen molar-refractivity contribution in [2.45, 2.75) is 47.5 Å². The summed E-state index contributed by atoms with van der Waals surface area (Å²) in [5, 5.41) is 3.46. The molecule has 35 heavy (non-hydrogen) atoms. The topological polar surface area (TPSA) is 68.5 Å². The second-order valence-electron chi connectivity index (χ2n) is 8.91. The van der Waals surface area contributed by atoms with Crippen LogP contribution in [0.2, 0.25) is 0 Å². The SMILES string of the molecule is CCc1cccc(CC)c1NC(=O)COc1c(-c2ccc(C)cc2)oc2cc(C)cc(C)c2c1=O. The predicted octanol–water partition coefficient (Wildman–Crippen LogP) is 6.53. The van der Waals surface area contributed by atoms with Crippen molar-refractivity contribution in [1.29, 1.82) is 0 Å². The van der Waals surface area contributed by atoms with E-state index in [1.165, 1.54) is 0 Å². The van der Waals surface area contributed by atoms with Gasteiger partial charge in [0.1, 0.15) is 5.58 Å². The first kappa shape index (κ1) is 24.3. The number of rotatable bonds is 7. The van der Waals surface area contributed by atoms with Crippen LogP contribution in [-0.2, 0) is 17.6 Å². The lowest BCUT2D eigenvalue weighted by Gasteiger charge is -2.16. The Morgan fingerprint density at radius 2 is 1.57 bits per heavy atom. The molecule has 3 aromatic carbocycles. The van der Waals surface area contributed by atoms with E-state index in [-0.39, 0.29) is 23.7 Å². The van der Waals surface area contributed by atoms with Crippen LogP contribution >= 0.6 is 0 Å². The summed E-state index contributed by atoms with van der Waals surface area (Å²) in [5.41, 5.74) is 6.79. The molecule has 1 N–H and O–H groups in total. The van der Waals surface area contributed by atoms with Gasteiger partial charge in [-0.3, -0.25) is 9.59 Å². The van der Waals surface area contributed by atoms with Crippen LogP contribution in [0.5, 0.6) is 5.75 Å². The zero-order valence-corrected chi connectivity index (χ0v) is 21.0. The number of carbonyl (C=O) groups is 1. The average Bonchev–Trinajstić information content (AvgIpc) is 2.83. The second kappa shape index (κ2) is 10.2. The van der Waals surface area contributed by atoms with E-state index in [0.717, 1.165) is 46.3 Å². The number of anilines is 1. The van der Waals surface area contributed by atoms with Crippen LogP contribution < -0.4 is 15.5 Å². The summed E-state index contributed by atoms with van der Waals surface area (Å²) < 4.78 is 12.1. The Labute approximate surface area is 205 Å². The number of para-hydroxylation sites is 1. The van der Waals surface area contributed by atoms with E-state index in [1.54, 1.807) is 0 Å². The summed E-state index contributed by atoms with van der Waals surface area (Å²) in [6, 6.07) is 17.5. The van der Waals surface area contributed by atoms with Crippen LogP contribution in [0.25, 0.3) is 22.3 Å². The van der Waals surface area contributed by atoms with Gasteiger partial charge in [0.2, 0.25) is 11.2 Å². The Hall–Kier alpha value is -3.86. The molecule has 0 atom stereocenters. The molecule has 4 rings (SSSR count). The van der Waals surface area contributed by atoms with E-state index in [4.69, 9.17) is 9.15 Å². The Balaban J connectivity index is 1.73. The minimum atomic E-state index is -0.324. The third kappa shape index (κ3) is 4.99. The van der Waals surface area contributed by atoms with Gasteiger partial charge in [0.05, 0.1) is 5.39 Å². The number of benzene rings is 3. The lowest BCUT2D eigenvalue weighted by atomic mass is 10.0. The van der Waals surface area contributed by atoms with Gasteiger partial charge in [0.15, 0.2) is 12.4 Å². The molecule has 1 aromatic heterocycles. The van der Waals surface area contributed by atoms with Crippen molar-refractivity contribution in [1.82, 2.24) is 0 Å². The first-order valence-electron chi connectivity index (χ1n) is 12.0. The maximum absolute atomic E-state index is 13.6. The number of aryl methyl sites for hydroxylation is 5. The molecule has 1 heterocycles. The van der Waals surface area contributed by atoms with Crippen LogP contribution in [0, 0.1) is 20.8 Å². The van der Waals surface area contributed by atoms with Gasteiger partial charge in [0.25, 0.3) is 5.91 Å². The molecule has 180 valence electrons. The van der Waals surface area contributed by atoms with Crippen LogP contribution in [0.3, 0.4) is 0 Å². The zero-order chi connectivity index (χ0) is 25.1. The summed E-state index contributed by atoms with van der Waals surface area (Å²) in [6.45, 7) is 9.64. The van der Waals surface area contributed by atoms with Crippen LogP contribution in [0.4, 0.5) is 5.69 Å². The molecule has 0 radical (unpaired) electrons. The number of amides is 1. The van der Waals surface area contributed by atoms with Crippen molar-refractivity contribution < 1.29 is 13.9 Å². The van der Waals surface area contributed by atoms with Crippen molar-refractivity contribution >= 4 is 22.6 Å². The largest absolute Gasteiger partial charge is 0.476 e. The molecule has 1 amide bonds. The molecule has 0 aliphatic heterocycles. The number of nitrogens with one attached hydrogen (secondary N) is 1. The maximum atomic E-state index is 13.6. The van der Waals surface area contributed by atoms with E-state index in [1.807, 2.05) is 75.4 Å². The summed E-state index contributed by atoms with van der Waals surface area (Å²) in [7, 11) is 0. The number of hydrogen-bond acceptors (Lipinski definition) is 4. The molecule has 0 unspecified atom stereocenters. The highest BCUT2D eigenvalue weighted by atomic mass is 16.5. The molecule has 0 bridgehead atoms. The number of carbonyl (C=O) groups excluding carboxylic acids is 1. The Morgan fingerprint density at radius 3 is 2.20 bits per heavy atom. The first-order valence-corrected chi connectivity index (χ1v) is 12.0. The molecule has 0 fully saturated rings. The highest BCUT2D eigenvalue weighted by Crippen LogP contribution is 2.32. The third-order valence-electron chi connectivity index (χ3n) is 6.22. The van der Waals surface area contributed by atoms with Gasteiger partial charge in [-0.25, -0.2) is 0 Å². The maximum Gasteiger partial charge on any atom is 0.262 e. The quantitative estimate of drug-likeness (QED) is 0.334. The van der Waals surface area contributed by atoms with Gasteiger partial charge < -0.3 is 14.5 Å². The summed E-state index contributed by atoms with van der Waals surface area (Å²) >= 11 is 0. The number of hydrogen-bond donors (Lipinski definition) is 1. The fourth-order valence-corrected chi connectivity index (χ4v) is 4.42. The molecule has 0 spiro atoms. The van der Waals surface area contributed by atoms with E-state index in [2.05, 4.69) is 19.2 Å². The van der Waals surface area contributed by atoms with Gasteiger partial charge in [-0.05, 0) is 61.9 Å². The predicted molar refractivity (Wildman–Crippen MR) is 141 cm³/mol. The third-order valence-corrected chi connectivity index (χ3v) is 6.22. The highest BCUT2D eigenvalue weighted by molar-refractivity contribution is 5.94. The first-order chi connectivity index (χ1) is 16.8. The molecule has 5 heteroatoms. The normalized spacial score (nSPS) is 11.0. The molecule has 5 nitrogen and oxygen atoms in total. The van der Waals surface area contributed by atoms with E-state index in [0.29, 0.717) is 22.3 Å². The lowest BCUT2D eigenvalue weighted by molar-refractivity contribution is -0.118. The van der Waals surface area contributed by atoms with Gasteiger partial charge in [-0.2, -0.15) is 0 Å². The van der Waals surface area contributed by atoms with E-state index in [9.17, 15) is 9.59 Å². The smallest absolute Gasteiger partial charge is 0.262 e. The summed E-state index contributed by atoms with van der Waals surface area (Å²) in [5.74, 6) is 0.0436. The minimum absolute atomic E-state index is 0.0444. The van der Waals surface area contributed by atoms with Gasteiger partial charge in [-0.15, -0.1) is 0 Å². The van der Waals surface area contributed by atoms with Crippen molar-refractivity contribution in [2.75, 3.05) is 11.9 Å². The van der Waals surface area contributed by atoms with Gasteiger partial charge >= 0.3 is 0 Å². The molecular weight excluding hydrogens is 438 g/mol. The molecule has 0 aliphatic carbocycles. The summed E-state index contributed by atoms with van der Waals surface area (Å²) in [6.07, 6.45) is 1.60. The highest BCUT2D eigenvalue weighted by Gasteiger charge is 2.21. The standard InChI is InChI=1S/C30H31NO4/c1-6-21-9-8-10-22(7-2)27(21)31-25(32)17-34-30-28(33)26-20(5)15-19(4)16-24(26)35-29(30)23-13-11-18(3)12-14-23/h8-16H,6-7,17H2,1-5H3,(H,31,32). The molecule has 0 aliphatic rings. The molecular formula is C30H31NO4. The monoisotopic (exact) mass is 469 g/mol. The summed E-state index contributed by atoms with van der Waals surface area (Å²) in [4.78, 5) is 26.5. The fraction of sp³-hybridized carbons (Fsp3) is 0.267. The minimum Gasteiger partial charge on any atom is -0.476 e. The van der Waals surface area contributed by atoms with Crippen molar-refractivity contribution in [3.05, 3.63) is 92.6 Å². The van der Waals surface area contributed by atoms with Crippen molar-refractivity contribution in [2.24, 2.45) is 0 Å². The van der Waals surface area contributed by atoms with Gasteiger partial charge in [0, 0.05) is 11.3 Å². The van der Waals surface area contributed by atoms with Crippen molar-refractivity contribution in [3.63, 3.8) is 0 Å². The Morgan fingerprint density at radius 1 is 0.914 bits per heavy atom. The molecule has 4 aromatic rings. The fourth-order valence-electron chi connectivity index (χ4n) is 4.42. The Kier molecular flexibility index (Phi) is 7.06. The van der Waals surface area contributed by atoms with Crippen molar-refractivity contribution in [3.8, 4) is 17.1 Å². The van der Waals surface area contributed by atoms with Crippen LogP contribution in [-0.4, -0.2) is 12.5 Å². The average molecular weight is 470 g/mol. The van der Waals surface area contributed by atoms with Gasteiger partial charge in [-0.1, -0.05) is 67.9 Å². The zero-order valence-electron chi connectivity index (χ0n) is 21.0.